The third-order valence-electron chi connectivity index (χ3n) is 8.02. The van der Waals surface area contributed by atoms with Crippen molar-refractivity contribution in [1.82, 2.24) is 30.0 Å². The molecule has 0 aliphatic carbocycles. The fourth-order valence-electron chi connectivity index (χ4n) is 6.07. The Labute approximate surface area is 227 Å². The third kappa shape index (κ3) is 4.71. The molecule has 2 aromatic heterocycles. The van der Waals surface area contributed by atoms with E-state index in [1.54, 1.807) is 18.3 Å². The summed E-state index contributed by atoms with van der Waals surface area (Å²) in [4.78, 5) is 29.8. The van der Waals surface area contributed by atoms with Crippen LogP contribution in [0.1, 0.15) is 49.2 Å². The van der Waals surface area contributed by atoms with Crippen molar-refractivity contribution in [3.63, 3.8) is 0 Å². The first kappa shape index (κ1) is 25.1. The van der Waals surface area contributed by atoms with Crippen LogP contribution in [0.2, 0.25) is 5.02 Å². The number of carbonyl (C=O) groups is 1. The number of carbonyl (C=O) groups excluding carboxylic acids is 1. The van der Waals surface area contributed by atoms with Crippen LogP contribution in [0.25, 0.3) is 11.6 Å². The number of fused-ring (bicyclic) bond motifs is 3. The number of nitrogens with one attached hydrogen (secondary N) is 1. The maximum atomic E-state index is 13.0. The van der Waals surface area contributed by atoms with E-state index in [0.29, 0.717) is 52.9 Å². The summed E-state index contributed by atoms with van der Waals surface area (Å²) in [5.74, 6) is 1.45. The molecule has 200 valence electrons. The molecule has 11 heteroatoms. The van der Waals surface area contributed by atoms with Gasteiger partial charge in [0.05, 0.1) is 11.9 Å². The number of likely N-dealkylation sites (tertiary alicyclic amines) is 1. The lowest BCUT2D eigenvalue weighted by molar-refractivity contribution is 0.0432. The highest BCUT2D eigenvalue weighted by molar-refractivity contribution is 6.30. The summed E-state index contributed by atoms with van der Waals surface area (Å²) in [6.07, 6.45) is 5.64. The molecule has 2 atom stereocenters. The molecule has 6 rings (SSSR count). The van der Waals surface area contributed by atoms with Crippen molar-refractivity contribution in [3.8, 4) is 11.6 Å². The number of nitrogens with zero attached hydrogens (tertiary/aromatic N) is 7. The van der Waals surface area contributed by atoms with E-state index in [1.165, 1.54) is 0 Å². The average molecular weight is 537 g/mol. The van der Waals surface area contributed by atoms with Gasteiger partial charge in [0, 0.05) is 67.9 Å². The van der Waals surface area contributed by atoms with Crippen LogP contribution < -0.4 is 10.2 Å². The zero-order valence-corrected chi connectivity index (χ0v) is 22.6. The van der Waals surface area contributed by atoms with Crippen molar-refractivity contribution in [2.45, 2.75) is 57.7 Å². The molecule has 1 N–H and O–H groups in total. The molecule has 3 aromatic rings. The van der Waals surface area contributed by atoms with Crippen molar-refractivity contribution in [2.24, 2.45) is 0 Å². The molecule has 2 saturated heterocycles. The first-order valence-electron chi connectivity index (χ1n) is 13.5. The number of aromatic nitrogens is 4. The van der Waals surface area contributed by atoms with E-state index in [0.717, 1.165) is 63.4 Å². The minimum absolute atomic E-state index is 0.0926. The van der Waals surface area contributed by atoms with E-state index in [4.69, 9.17) is 26.0 Å². The van der Waals surface area contributed by atoms with Crippen LogP contribution in [-0.4, -0.2) is 86.7 Å². The summed E-state index contributed by atoms with van der Waals surface area (Å²) in [5.41, 5.74) is 2.31. The predicted octanol–water partition coefficient (Wildman–Crippen LogP) is 3.74. The molecule has 1 amide bonds. The highest BCUT2D eigenvalue weighted by Gasteiger charge is 2.42. The second kappa shape index (κ2) is 10.5. The second-order valence-corrected chi connectivity index (χ2v) is 10.7. The Balaban J connectivity index is 1.12. The molecule has 0 saturated carbocycles. The monoisotopic (exact) mass is 536 g/mol. The summed E-state index contributed by atoms with van der Waals surface area (Å²) < 4.78 is 5.69. The van der Waals surface area contributed by atoms with E-state index < -0.39 is 0 Å². The van der Waals surface area contributed by atoms with Gasteiger partial charge in [-0.1, -0.05) is 23.6 Å². The van der Waals surface area contributed by atoms with Crippen molar-refractivity contribution in [2.75, 3.05) is 42.9 Å². The number of piperidine rings is 1. The number of rotatable bonds is 6. The molecule has 3 aliphatic rings. The molecule has 0 unspecified atom stereocenters. The summed E-state index contributed by atoms with van der Waals surface area (Å²) in [7, 11) is 0. The summed E-state index contributed by atoms with van der Waals surface area (Å²) >= 11 is 6.00. The van der Waals surface area contributed by atoms with E-state index >= 15 is 0 Å². The molecule has 38 heavy (non-hydrogen) atoms. The minimum Gasteiger partial charge on any atom is -0.402 e. The standard InChI is InChI=1S/C27H33ClN8O2/c1-3-19-15-36-21(13-22-24(36)30-14-23(31-22)25-32-33-27(38-25)29-4-2)16-35(19)20-9-11-34(12-10-20)26(37)17-5-7-18(28)8-6-17/h5-8,14,19-21H,3-4,9-13,15-16H2,1-2H3,(H,29,33)/t19-,21+/m0/s1. The van der Waals surface area contributed by atoms with Crippen LogP contribution in [0.5, 0.6) is 0 Å². The van der Waals surface area contributed by atoms with Gasteiger partial charge >= 0.3 is 6.01 Å². The fraction of sp³-hybridized carbons (Fsp3) is 0.519. The third-order valence-corrected chi connectivity index (χ3v) is 8.27. The molecule has 10 nitrogen and oxygen atoms in total. The van der Waals surface area contributed by atoms with Crippen molar-refractivity contribution in [3.05, 3.63) is 46.7 Å². The zero-order valence-electron chi connectivity index (χ0n) is 21.8. The van der Waals surface area contributed by atoms with Crippen molar-refractivity contribution >= 4 is 29.3 Å². The SMILES string of the molecule is CCNc1nnc(-c2cnc3c(n2)C[C@@H]2CN(C4CCN(C(=O)c5ccc(Cl)cc5)CC4)[C@@H](CC)CN32)o1. The predicted molar refractivity (Wildman–Crippen MR) is 145 cm³/mol. The van der Waals surface area contributed by atoms with Crippen LogP contribution in [0.3, 0.4) is 0 Å². The molecule has 0 bridgehead atoms. The Morgan fingerprint density at radius 1 is 1.11 bits per heavy atom. The quantitative estimate of drug-likeness (QED) is 0.504. The Hall–Kier alpha value is -3.24. The van der Waals surface area contributed by atoms with Gasteiger partial charge in [-0.3, -0.25) is 9.69 Å². The lowest BCUT2D eigenvalue weighted by Crippen LogP contribution is -2.61. The maximum Gasteiger partial charge on any atom is 0.315 e. The average Bonchev–Trinajstić information content (AvgIpc) is 3.56. The number of benzene rings is 1. The maximum absolute atomic E-state index is 13.0. The molecular formula is C27H33ClN8O2. The first-order valence-corrected chi connectivity index (χ1v) is 13.9. The largest absolute Gasteiger partial charge is 0.402 e. The second-order valence-electron chi connectivity index (χ2n) is 10.3. The van der Waals surface area contributed by atoms with E-state index in [9.17, 15) is 4.79 Å². The van der Waals surface area contributed by atoms with Gasteiger partial charge in [-0.15, -0.1) is 5.10 Å². The lowest BCUT2D eigenvalue weighted by atomic mass is 9.96. The summed E-state index contributed by atoms with van der Waals surface area (Å²) in [5, 5.41) is 11.8. The summed E-state index contributed by atoms with van der Waals surface area (Å²) in [6, 6.07) is 8.84. The number of amides is 1. The number of hydrogen-bond donors (Lipinski definition) is 1. The van der Waals surface area contributed by atoms with Crippen LogP contribution in [0.15, 0.2) is 34.9 Å². The molecule has 2 fully saturated rings. The number of anilines is 2. The van der Waals surface area contributed by atoms with E-state index in [1.807, 2.05) is 24.0 Å². The van der Waals surface area contributed by atoms with Crippen LogP contribution in [0, 0.1) is 0 Å². The molecular weight excluding hydrogens is 504 g/mol. The molecule has 0 spiro atoms. The van der Waals surface area contributed by atoms with Gasteiger partial charge in [0.1, 0.15) is 5.69 Å². The van der Waals surface area contributed by atoms with E-state index in [-0.39, 0.29) is 5.91 Å². The van der Waals surface area contributed by atoms with Gasteiger partial charge in [-0.25, -0.2) is 9.97 Å². The Morgan fingerprint density at radius 3 is 2.63 bits per heavy atom. The zero-order chi connectivity index (χ0) is 26.2. The smallest absolute Gasteiger partial charge is 0.315 e. The van der Waals surface area contributed by atoms with Gasteiger partial charge in [0.25, 0.3) is 11.8 Å². The minimum atomic E-state index is 0.0926. The van der Waals surface area contributed by atoms with Crippen LogP contribution >= 0.6 is 11.6 Å². The van der Waals surface area contributed by atoms with E-state index in [2.05, 4.69) is 32.2 Å². The fourth-order valence-corrected chi connectivity index (χ4v) is 6.19. The highest BCUT2D eigenvalue weighted by atomic mass is 35.5. The molecule has 3 aliphatic heterocycles. The van der Waals surface area contributed by atoms with Crippen molar-refractivity contribution in [1.29, 1.82) is 0 Å². The lowest BCUT2D eigenvalue weighted by Gasteiger charge is -2.49. The van der Waals surface area contributed by atoms with Gasteiger partial charge < -0.3 is 19.5 Å². The van der Waals surface area contributed by atoms with Crippen LogP contribution in [0.4, 0.5) is 11.8 Å². The Morgan fingerprint density at radius 2 is 1.89 bits per heavy atom. The first-order chi connectivity index (χ1) is 18.5. The normalized spacial score (nSPS) is 21.9. The summed E-state index contributed by atoms with van der Waals surface area (Å²) in [6.45, 7) is 8.43. The molecule has 5 heterocycles. The highest BCUT2D eigenvalue weighted by Crippen LogP contribution is 2.36. The Bertz CT molecular complexity index is 1290. The molecule has 1 aromatic carbocycles. The number of hydrogen-bond acceptors (Lipinski definition) is 9. The number of piperazine rings is 1. The Kier molecular flexibility index (Phi) is 6.92. The van der Waals surface area contributed by atoms with Gasteiger partial charge in [-0.2, -0.15) is 0 Å². The van der Waals surface area contributed by atoms with Crippen LogP contribution in [-0.2, 0) is 6.42 Å². The topological polar surface area (TPSA) is 104 Å². The van der Waals surface area contributed by atoms with Crippen molar-refractivity contribution < 1.29 is 9.21 Å². The molecule has 0 radical (unpaired) electrons. The van der Waals surface area contributed by atoms with Gasteiger partial charge in [-0.05, 0) is 50.5 Å². The number of halogens is 1. The van der Waals surface area contributed by atoms with Gasteiger partial charge in [0.2, 0.25) is 0 Å². The van der Waals surface area contributed by atoms with Gasteiger partial charge in [0.15, 0.2) is 5.82 Å².